The van der Waals surface area contributed by atoms with Gasteiger partial charge in [-0.3, -0.25) is 4.79 Å². The van der Waals surface area contributed by atoms with Gasteiger partial charge in [-0.15, -0.1) is 0 Å². The van der Waals surface area contributed by atoms with Gasteiger partial charge in [0.2, 0.25) is 0 Å². The van der Waals surface area contributed by atoms with Crippen LogP contribution in [0.25, 0.3) is 11.1 Å². The van der Waals surface area contributed by atoms with E-state index in [-0.39, 0.29) is 17.5 Å². The van der Waals surface area contributed by atoms with Crippen LogP contribution in [0, 0.1) is 0 Å². The number of rotatable bonds is 6. The van der Waals surface area contributed by atoms with E-state index < -0.39 is 15.1 Å². The maximum absolute atomic E-state index is 13.0. The minimum Gasteiger partial charge on any atom is -0.294 e. The monoisotopic (exact) mass is 404 g/mol. The third-order valence-corrected chi connectivity index (χ3v) is 7.89. The molecule has 0 heterocycles. The van der Waals surface area contributed by atoms with Crippen LogP contribution in [0.2, 0.25) is 0 Å². The first-order valence-electron chi connectivity index (χ1n) is 9.89. The molecule has 1 aliphatic carbocycles. The van der Waals surface area contributed by atoms with E-state index in [2.05, 4.69) is 24.3 Å². The van der Waals surface area contributed by atoms with E-state index in [9.17, 15) is 13.2 Å². The highest BCUT2D eigenvalue weighted by Gasteiger charge is 2.29. The highest BCUT2D eigenvalue weighted by Crippen LogP contribution is 2.46. The highest BCUT2D eigenvalue weighted by atomic mass is 32.2. The first-order chi connectivity index (χ1) is 13.9. The minimum atomic E-state index is -3.15. The first kappa shape index (κ1) is 19.6. The van der Waals surface area contributed by atoms with Gasteiger partial charge in [0.25, 0.3) is 0 Å². The fourth-order valence-electron chi connectivity index (χ4n) is 3.97. The quantitative estimate of drug-likeness (QED) is 0.517. The molecule has 0 fully saturated rings. The van der Waals surface area contributed by atoms with Crippen molar-refractivity contribution >= 4 is 15.6 Å². The molecule has 0 aliphatic heterocycles. The van der Waals surface area contributed by atoms with Gasteiger partial charge in [0, 0.05) is 17.9 Å². The van der Waals surface area contributed by atoms with E-state index in [1.165, 1.54) is 22.3 Å². The third kappa shape index (κ3) is 3.77. The van der Waals surface area contributed by atoms with Gasteiger partial charge in [0.15, 0.2) is 15.6 Å². The van der Waals surface area contributed by atoms with E-state index in [4.69, 9.17) is 0 Å². The van der Waals surface area contributed by atoms with Gasteiger partial charge in [-0.25, -0.2) is 8.42 Å². The summed E-state index contributed by atoms with van der Waals surface area (Å²) in [5.41, 5.74) is 6.14. The van der Waals surface area contributed by atoms with Crippen LogP contribution in [0.1, 0.15) is 53.2 Å². The van der Waals surface area contributed by atoms with Crippen molar-refractivity contribution in [2.24, 2.45) is 0 Å². The minimum absolute atomic E-state index is 0.00249. The normalized spacial score (nSPS) is 13.3. The molecule has 0 bridgehead atoms. The van der Waals surface area contributed by atoms with Crippen molar-refractivity contribution in [3.63, 3.8) is 0 Å². The van der Waals surface area contributed by atoms with E-state index in [0.29, 0.717) is 17.5 Å². The molecule has 0 atom stereocenters. The van der Waals surface area contributed by atoms with Crippen molar-refractivity contribution in [2.75, 3.05) is 0 Å². The van der Waals surface area contributed by atoms with Crippen LogP contribution in [-0.4, -0.2) is 19.5 Å². The predicted octanol–water partition coefficient (Wildman–Crippen LogP) is 5.40. The Kier molecular flexibility index (Phi) is 5.13. The Morgan fingerprint density at radius 2 is 1.34 bits per heavy atom. The molecule has 0 unspecified atom stereocenters. The van der Waals surface area contributed by atoms with Crippen molar-refractivity contribution in [2.45, 2.75) is 37.2 Å². The van der Waals surface area contributed by atoms with Crippen LogP contribution in [0.15, 0.2) is 72.8 Å². The number of fused-ring (bicyclic) bond motifs is 3. The SMILES string of the molecule is CC(C)S(=O)(=O)Cc1ccc(C(=O)CC2c3ccccc3-c3ccccc32)cc1. The number of benzene rings is 3. The molecule has 0 aromatic heterocycles. The summed E-state index contributed by atoms with van der Waals surface area (Å²) in [7, 11) is -3.15. The molecule has 148 valence electrons. The Morgan fingerprint density at radius 3 is 1.86 bits per heavy atom. The van der Waals surface area contributed by atoms with Crippen LogP contribution in [-0.2, 0) is 15.6 Å². The number of carbonyl (C=O) groups excluding carboxylic acids is 1. The summed E-state index contributed by atoms with van der Waals surface area (Å²) in [5.74, 6) is 0.123. The lowest BCUT2D eigenvalue weighted by atomic mass is 9.90. The maximum atomic E-state index is 13.0. The lowest BCUT2D eigenvalue weighted by molar-refractivity contribution is 0.0978. The van der Waals surface area contributed by atoms with E-state index in [0.717, 1.165) is 0 Å². The molecule has 0 radical (unpaired) electrons. The second kappa shape index (κ2) is 7.60. The molecule has 0 saturated carbocycles. The number of sulfone groups is 1. The smallest absolute Gasteiger partial charge is 0.163 e. The second-order valence-electron chi connectivity index (χ2n) is 7.91. The fourth-order valence-corrected chi connectivity index (χ4v) is 4.96. The summed E-state index contributed by atoms with van der Waals surface area (Å²) in [6.45, 7) is 3.37. The highest BCUT2D eigenvalue weighted by molar-refractivity contribution is 7.91. The molecule has 0 N–H and O–H groups in total. The molecule has 29 heavy (non-hydrogen) atoms. The van der Waals surface area contributed by atoms with Crippen molar-refractivity contribution in [1.29, 1.82) is 0 Å². The van der Waals surface area contributed by atoms with Gasteiger partial charge in [0.1, 0.15) is 0 Å². The van der Waals surface area contributed by atoms with Crippen LogP contribution in [0.3, 0.4) is 0 Å². The number of carbonyl (C=O) groups is 1. The molecule has 0 spiro atoms. The molecule has 4 rings (SSSR count). The predicted molar refractivity (Wildman–Crippen MR) is 117 cm³/mol. The molecule has 4 heteroatoms. The largest absolute Gasteiger partial charge is 0.294 e. The van der Waals surface area contributed by atoms with Gasteiger partial charge < -0.3 is 0 Å². The van der Waals surface area contributed by atoms with Gasteiger partial charge in [-0.05, 0) is 41.7 Å². The first-order valence-corrected chi connectivity index (χ1v) is 11.6. The van der Waals surface area contributed by atoms with Crippen molar-refractivity contribution in [3.05, 3.63) is 95.1 Å². The molecule has 0 amide bonds. The van der Waals surface area contributed by atoms with Crippen LogP contribution in [0.4, 0.5) is 0 Å². The summed E-state index contributed by atoms with van der Waals surface area (Å²) < 4.78 is 24.2. The van der Waals surface area contributed by atoms with Crippen LogP contribution in [0.5, 0.6) is 0 Å². The maximum Gasteiger partial charge on any atom is 0.163 e. The molecule has 1 aliphatic rings. The summed E-state index contributed by atoms with van der Waals surface area (Å²) in [5, 5.41) is -0.411. The number of hydrogen-bond acceptors (Lipinski definition) is 3. The Bertz CT molecular complexity index is 1110. The zero-order valence-corrected chi connectivity index (χ0v) is 17.4. The summed E-state index contributed by atoms with van der Waals surface area (Å²) in [6.07, 6.45) is 0.400. The molecule has 3 nitrogen and oxygen atoms in total. The van der Waals surface area contributed by atoms with Gasteiger partial charge >= 0.3 is 0 Å². The number of ketones is 1. The van der Waals surface area contributed by atoms with E-state index >= 15 is 0 Å². The topological polar surface area (TPSA) is 51.2 Å². The molecular formula is C25H24O3S. The van der Waals surface area contributed by atoms with Crippen LogP contribution < -0.4 is 0 Å². The second-order valence-corrected chi connectivity index (χ2v) is 10.5. The molecule has 0 saturated heterocycles. The fraction of sp³-hybridized carbons (Fsp3) is 0.240. The van der Waals surface area contributed by atoms with E-state index in [1.807, 2.05) is 24.3 Å². The Morgan fingerprint density at radius 1 is 0.828 bits per heavy atom. The summed E-state index contributed by atoms with van der Waals surface area (Å²) >= 11 is 0. The Labute approximate surface area is 172 Å². The zero-order chi connectivity index (χ0) is 20.6. The number of Topliss-reactive ketones (excluding diaryl/α,β-unsaturated/α-hetero) is 1. The van der Waals surface area contributed by atoms with Crippen molar-refractivity contribution < 1.29 is 13.2 Å². The Hall–Kier alpha value is -2.72. The van der Waals surface area contributed by atoms with Crippen LogP contribution >= 0.6 is 0 Å². The van der Waals surface area contributed by atoms with Gasteiger partial charge in [0.05, 0.1) is 11.0 Å². The zero-order valence-electron chi connectivity index (χ0n) is 16.6. The third-order valence-electron chi connectivity index (χ3n) is 5.71. The summed E-state index contributed by atoms with van der Waals surface area (Å²) in [6, 6.07) is 23.5. The number of hydrogen-bond donors (Lipinski definition) is 0. The van der Waals surface area contributed by atoms with Crippen molar-refractivity contribution in [1.82, 2.24) is 0 Å². The standard InChI is InChI=1S/C25H24O3S/c1-17(2)29(27,28)16-18-11-13-19(14-12-18)25(26)15-24-22-9-5-3-7-20(22)21-8-4-6-10-23(21)24/h3-14,17,24H,15-16H2,1-2H3. The lowest BCUT2D eigenvalue weighted by Crippen LogP contribution is -2.16. The molecule has 3 aromatic rings. The lowest BCUT2D eigenvalue weighted by Gasteiger charge is -2.13. The molecule has 3 aromatic carbocycles. The van der Waals surface area contributed by atoms with Gasteiger partial charge in [-0.2, -0.15) is 0 Å². The summed E-state index contributed by atoms with van der Waals surface area (Å²) in [4.78, 5) is 13.0. The van der Waals surface area contributed by atoms with E-state index in [1.54, 1.807) is 38.1 Å². The van der Waals surface area contributed by atoms with Crippen molar-refractivity contribution in [3.8, 4) is 11.1 Å². The average molecular weight is 405 g/mol. The average Bonchev–Trinajstić information content (AvgIpc) is 3.02. The Balaban J connectivity index is 1.56. The van der Waals surface area contributed by atoms with Gasteiger partial charge in [-0.1, -0.05) is 72.8 Å². The molecular weight excluding hydrogens is 380 g/mol.